The highest BCUT2D eigenvalue weighted by Crippen LogP contribution is 2.36. The first kappa shape index (κ1) is 11.1. The van der Waals surface area contributed by atoms with Gasteiger partial charge < -0.3 is 5.32 Å². The van der Waals surface area contributed by atoms with E-state index in [2.05, 4.69) is 19.2 Å². The summed E-state index contributed by atoms with van der Waals surface area (Å²) in [4.78, 5) is 9.59. The van der Waals surface area contributed by atoms with Crippen LogP contribution in [-0.2, 0) is 13.0 Å². The number of aryl methyl sites for hydroxylation is 1. The van der Waals surface area contributed by atoms with Crippen molar-refractivity contribution >= 4 is 0 Å². The Morgan fingerprint density at radius 1 is 1.24 bits per heavy atom. The van der Waals surface area contributed by atoms with E-state index >= 15 is 0 Å². The fourth-order valence-corrected chi connectivity index (χ4v) is 3.16. The third-order valence-corrected chi connectivity index (χ3v) is 4.22. The lowest BCUT2D eigenvalue weighted by Gasteiger charge is -2.20. The van der Waals surface area contributed by atoms with Crippen LogP contribution in [0.1, 0.15) is 54.9 Å². The molecule has 3 nitrogen and oxygen atoms in total. The van der Waals surface area contributed by atoms with E-state index < -0.39 is 0 Å². The SMILES string of the molecule is Cc1nc(C2CCC(C)C2)nc2c1CNCC2. The van der Waals surface area contributed by atoms with Crippen LogP contribution in [0.15, 0.2) is 0 Å². The highest BCUT2D eigenvalue weighted by Gasteiger charge is 2.26. The fraction of sp³-hybridized carbons (Fsp3) is 0.714. The molecular weight excluding hydrogens is 210 g/mol. The smallest absolute Gasteiger partial charge is 0.131 e. The number of nitrogens with one attached hydrogen (secondary N) is 1. The van der Waals surface area contributed by atoms with Gasteiger partial charge in [-0.25, -0.2) is 9.97 Å². The van der Waals surface area contributed by atoms with Gasteiger partial charge in [-0.2, -0.15) is 0 Å². The molecule has 92 valence electrons. The van der Waals surface area contributed by atoms with Crippen LogP contribution in [0, 0.1) is 12.8 Å². The van der Waals surface area contributed by atoms with Crippen LogP contribution in [0.5, 0.6) is 0 Å². The van der Waals surface area contributed by atoms with Crippen LogP contribution in [0.2, 0.25) is 0 Å². The maximum absolute atomic E-state index is 4.84. The van der Waals surface area contributed by atoms with Crippen LogP contribution in [0.3, 0.4) is 0 Å². The van der Waals surface area contributed by atoms with Gasteiger partial charge in [-0.15, -0.1) is 0 Å². The van der Waals surface area contributed by atoms with Crippen molar-refractivity contribution in [3.05, 3.63) is 22.8 Å². The Hall–Kier alpha value is -0.960. The lowest BCUT2D eigenvalue weighted by molar-refractivity contribution is 0.570. The summed E-state index contributed by atoms with van der Waals surface area (Å²) in [6.07, 6.45) is 4.95. The molecule has 3 heteroatoms. The fourth-order valence-electron chi connectivity index (χ4n) is 3.16. The molecule has 1 fully saturated rings. The molecule has 1 aromatic heterocycles. The first-order valence-corrected chi connectivity index (χ1v) is 6.81. The van der Waals surface area contributed by atoms with Gasteiger partial charge in [-0.1, -0.05) is 6.92 Å². The van der Waals surface area contributed by atoms with Gasteiger partial charge in [-0.05, 0) is 32.1 Å². The summed E-state index contributed by atoms with van der Waals surface area (Å²) in [5, 5.41) is 3.40. The molecule has 3 rings (SSSR count). The molecule has 1 N–H and O–H groups in total. The van der Waals surface area contributed by atoms with Gasteiger partial charge in [0.25, 0.3) is 0 Å². The molecule has 0 spiro atoms. The predicted molar refractivity (Wildman–Crippen MR) is 67.9 cm³/mol. The largest absolute Gasteiger partial charge is 0.312 e. The zero-order chi connectivity index (χ0) is 11.8. The quantitative estimate of drug-likeness (QED) is 0.806. The first-order valence-electron chi connectivity index (χ1n) is 6.81. The minimum absolute atomic E-state index is 0.615. The molecule has 1 aliphatic carbocycles. The zero-order valence-electron chi connectivity index (χ0n) is 10.8. The van der Waals surface area contributed by atoms with Crippen molar-refractivity contribution in [1.29, 1.82) is 0 Å². The van der Waals surface area contributed by atoms with E-state index in [1.807, 2.05) is 0 Å². The van der Waals surface area contributed by atoms with Crippen molar-refractivity contribution in [2.75, 3.05) is 6.54 Å². The number of nitrogens with zero attached hydrogens (tertiary/aromatic N) is 2. The van der Waals surface area contributed by atoms with Crippen molar-refractivity contribution in [1.82, 2.24) is 15.3 Å². The summed E-state index contributed by atoms with van der Waals surface area (Å²) in [6, 6.07) is 0. The van der Waals surface area contributed by atoms with Gasteiger partial charge in [0.1, 0.15) is 5.82 Å². The number of rotatable bonds is 1. The van der Waals surface area contributed by atoms with Crippen molar-refractivity contribution in [2.45, 2.75) is 52.0 Å². The normalized spacial score (nSPS) is 28.1. The molecule has 0 bridgehead atoms. The number of fused-ring (bicyclic) bond motifs is 1. The first-order chi connectivity index (χ1) is 8.24. The van der Waals surface area contributed by atoms with E-state index in [0.29, 0.717) is 5.92 Å². The minimum Gasteiger partial charge on any atom is -0.312 e. The Kier molecular flexibility index (Phi) is 2.87. The maximum atomic E-state index is 4.84. The van der Waals surface area contributed by atoms with Crippen LogP contribution in [0.4, 0.5) is 0 Å². The topological polar surface area (TPSA) is 37.8 Å². The Labute approximate surface area is 103 Å². The molecule has 1 aliphatic heterocycles. The summed E-state index contributed by atoms with van der Waals surface area (Å²) in [5.74, 6) is 2.58. The summed E-state index contributed by atoms with van der Waals surface area (Å²) in [6.45, 7) is 6.48. The molecule has 17 heavy (non-hydrogen) atoms. The Bertz CT molecular complexity index is 428. The van der Waals surface area contributed by atoms with Gasteiger partial charge in [0.15, 0.2) is 0 Å². The van der Waals surface area contributed by atoms with Gasteiger partial charge >= 0.3 is 0 Å². The molecule has 2 aliphatic rings. The lowest BCUT2D eigenvalue weighted by Crippen LogP contribution is -2.26. The number of hydrogen-bond acceptors (Lipinski definition) is 3. The maximum Gasteiger partial charge on any atom is 0.131 e. The highest BCUT2D eigenvalue weighted by molar-refractivity contribution is 5.28. The molecular formula is C14H21N3. The second-order valence-corrected chi connectivity index (χ2v) is 5.63. The lowest BCUT2D eigenvalue weighted by atomic mass is 10.0. The molecule has 0 aromatic carbocycles. The van der Waals surface area contributed by atoms with E-state index in [-0.39, 0.29) is 0 Å². The van der Waals surface area contributed by atoms with Gasteiger partial charge in [-0.3, -0.25) is 0 Å². The van der Waals surface area contributed by atoms with Gasteiger partial charge in [0.2, 0.25) is 0 Å². The summed E-state index contributed by atoms with van der Waals surface area (Å²) in [5.41, 5.74) is 3.83. The summed E-state index contributed by atoms with van der Waals surface area (Å²) < 4.78 is 0. The van der Waals surface area contributed by atoms with E-state index in [9.17, 15) is 0 Å². The van der Waals surface area contributed by atoms with Crippen molar-refractivity contribution in [3.8, 4) is 0 Å². The van der Waals surface area contributed by atoms with Crippen molar-refractivity contribution < 1.29 is 0 Å². The van der Waals surface area contributed by atoms with Gasteiger partial charge in [0, 0.05) is 36.7 Å². The Balaban J connectivity index is 1.93. The molecule has 2 atom stereocenters. The third-order valence-electron chi connectivity index (χ3n) is 4.22. The second kappa shape index (κ2) is 4.37. The Morgan fingerprint density at radius 2 is 2.12 bits per heavy atom. The minimum atomic E-state index is 0.615. The van der Waals surface area contributed by atoms with E-state index in [0.717, 1.165) is 31.3 Å². The molecule has 0 radical (unpaired) electrons. The summed E-state index contributed by atoms with van der Waals surface area (Å²) >= 11 is 0. The average Bonchev–Trinajstić information content (AvgIpc) is 2.76. The molecule has 0 amide bonds. The molecule has 1 aromatic rings. The van der Waals surface area contributed by atoms with E-state index in [1.165, 1.54) is 36.2 Å². The Morgan fingerprint density at radius 3 is 2.88 bits per heavy atom. The predicted octanol–water partition coefficient (Wildman–Crippen LogP) is 2.33. The molecule has 2 heterocycles. The highest BCUT2D eigenvalue weighted by atomic mass is 15.0. The second-order valence-electron chi connectivity index (χ2n) is 5.63. The van der Waals surface area contributed by atoms with E-state index in [4.69, 9.17) is 9.97 Å². The summed E-state index contributed by atoms with van der Waals surface area (Å²) in [7, 11) is 0. The van der Waals surface area contributed by atoms with Crippen LogP contribution in [-0.4, -0.2) is 16.5 Å². The van der Waals surface area contributed by atoms with E-state index in [1.54, 1.807) is 0 Å². The average molecular weight is 231 g/mol. The van der Waals surface area contributed by atoms with Crippen LogP contribution < -0.4 is 5.32 Å². The standard InChI is InChI=1S/C14H21N3/c1-9-3-4-11(7-9)14-16-10(2)12-8-15-6-5-13(12)17-14/h9,11,15H,3-8H2,1-2H3. The molecule has 0 saturated heterocycles. The monoisotopic (exact) mass is 231 g/mol. The number of aromatic nitrogens is 2. The molecule has 2 unspecified atom stereocenters. The van der Waals surface area contributed by atoms with Gasteiger partial charge in [0.05, 0.1) is 5.69 Å². The molecule has 1 saturated carbocycles. The van der Waals surface area contributed by atoms with Crippen LogP contribution in [0.25, 0.3) is 0 Å². The zero-order valence-corrected chi connectivity index (χ0v) is 10.8. The van der Waals surface area contributed by atoms with Crippen molar-refractivity contribution in [3.63, 3.8) is 0 Å². The number of hydrogen-bond donors (Lipinski definition) is 1. The van der Waals surface area contributed by atoms with Crippen molar-refractivity contribution in [2.24, 2.45) is 5.92 Å². The van der Waals surface area contributed by atoms with Crippen LogP contribution >= 0.6 is 0 Å². The third kappa shape index (κ3) is 2.08.